The van der Waals surface area contributed by atoms with Crippen molar-refractivity contribution >= 4 is 28.4 Å². The van der Waals surface area contributed by atoms with E-state index in [4.69, 9.17) is 0 Å². The highest BCUT2D eigenvalue weighted by Crippen LogP contribution is 2.28. The van der Waals surface area contributed by atoms with Crippen molar-refractivity contribution in [1.82, 2.24) is 15.3 Å². The topological polar surface area (TPSA) is 86.9 Å². The van der Waals surface area contributed by atoms with Crippen LogP contribution in [0.1, 0.15) is 38.2 Å². The minimum absolute atomic E-state index is 0.0135. The summed E-state index contributed by atoms with van der Waals surface area (Å²) < 4.78 is 0. The third-order valence-electron chi connectivity index (χ3n) is 6.07. The zero-order valence-electron chi connectivity index (χ0n) is 17.2. The van der Waals surface area contributed by atoms with Gasteiger partial charge in [0.2, 0.25) is 11.8 Å². The largest absolute Gasteiger partial charge is 0.361 e. The number of carbonyl (C=O) groups excluding carboxylic acids is 2. The Hall–Kier alpha value is -3.15. The van der Waals surface area contributed by atoms with Gasteiger partial charge in [-0.1, -0.05) is 25.1 Å². The monoisotopic (exact) mass is 404 g/mol. The van der Waals surface area contributed by atoms with Crippen LogP contribution in [0.4, 0.5) is 5.69 Å². The van der Waals surface area contributed by atoms with Crippen molar-refractivity contribution in [3.63, 3.8) is 0 Å². The summed E-state index contributed by atoms with van der Waals surface area (Å²) in [5.41, 5.74) is 2.70. The molecule has 1 fully saturated rings. The van der Waals surface area contributed by atoms with Gasteiger partial charge in [-0.05, 0) is 55.4 Å². The molecule has 30 heavy (non-hydrogen) atoms. The molecule has 156 valence electrons. The van der Waals surface area contributed by atoms with E-state index in [9.17, 15) is 9.59 Å². The second-order valence-electron chi connectivity index (χ2n) is 8.31. The minimum Gasteiger partial charge on any atom is -0.361 e. The summed E-state index contributed by atoms with van der Waals surface area (Å²) in [6.45, 7) is 2.23. The molecule has 6 heteroatoms. The Morgan fingerprint density at radius 2 is 1.83 bits per heavy atom. The van der Waals surface area contributed by atoms with Crippen LogP contribution in [0.25, 0.3) is 10.9 Å². The molecule has 0 spiro atoms. The number of rotatable bonds is 6. The summed E-state index contributed by atoms with van der Waals surface area (Å²) in [4.78, 5) is 33.3. The van der Waals surface area contributed by atoms with Crippen molar-refractivity contribution in [2.75, 3.05) is 5.32 Å². The first kappa shape index (κ1) is 20.1. The van der Waals surface area contributed by atoms with E-state index in [1.165, 1.54) is 0 Å². The molecular weight excluding hydrogens is 376 g/mol. The molecule has 6 nitrogen and oxygen atoms in total. The number of amides is 2. The van der Waals surface area contributed by atoms with Crippen LogP contribution >= 0.6 is 0 Å². The van der Waals surface area contributed by atoms with E-state index in [1.54, 1.807) is 24.5 Å². The van der Waals surface area contributed by atoms with Crippen LogP contribution in [0.2, 0.25) is 0 Å². The van der Waals surface area contributed by atoms with Crippen LogP contribution in [0.3, 0.4) is 0 Å². The lowest BCUT2D eigenvalue weighted by Crippen LogP contribution is -2.47. The summed E-state index contributed by atoms with van der Waals surface area (Å²) in [6.07, 6.45) is 9.51. The number of nitrogens with zero attached hydrogens (tertiary/aromatic N) is 1. The van der Waals surface area contributed by atoms with Crippen LogP contribution in [0.5, 0.6) is 0 Å². The summed E-state index contributed by atoms with van der Waals surface area (Å²) in [6, 6.07) is 10.8. The van der Waals surface area contributed by atoms with Gasteiger partial charge < -0.3 is 15.6 Å². The van der Waals surface area contributed by atoms with E-state index in [1.807, 2.05) is 30.5 Å². The number of hydrogen-bond acceptors (Lipinski definition) is 3. The van der Waals surface area contributed by atoms with Gasteiger partial charge in [0.25, 0.3) is 0 Å². The number of nitrogens with one attached hydrogen (secondary N) is 3. The number of pyridine rings is 1. The fourth-order valence-corrected chi connectivity index (χ4v) is 4.21. The molecule has 0 unspecified atom stereocenters. The van der Waals surface area contributed by atoms with Gasteiger partial charge in [-0.15, -0.1) is 0 Å². The molecule has 0 saturated heterocycles. The number of H-pyrrole nitrogens is 1. The summed E-state index contributed by atoms with van der Waals surface area (Å²) in [7, 11) is 0. The Morgan fingerprint density at radius 1 is 1.10 bits per heavy atom. The predicted molar refractivity (Wildman–Crippen MR) is 118 cm³/mol. The molecule has 2 heterocycles. The maximum Gasteiger partial charge on any atom is 0.247 e. The molecule has 0 radical (unpaired) electrons. The van der Waals surface area contributed by atoms with Gasteiger partial charge in [-0.3, -0.25) is 14.6 Å². The van der Waals surface area contributed by atoms with E-state index >= 15 is 0 Å². The van der Waals surface area contributed by atoms with E-state index in [-0.39, 0.29) is 17.7 Å². The molecule has 1 atom stereocenters. The Kier molecular flexibility index (Phi) is 6.12. The lowest BCUT2D eigenvalue weighted by Gasteiger charge is -2.27. The second-order valence-corrected chi connectivity index (χ2v) is 8.31. The van der Waals surface area contributed by atoms with Gasteiger partial charge in [-0.25, -0.2) is 0 Å². The van der Waals surface area contributed by atoms with Crippen LogP contribution in [-0.4, -0.2) is 27.8 Å². The average Bonchev–Trinajstić information content (AvgIpc) is 3.17. The molecule has 1 aliphatic rings. The highest BCUT2D eigenvalue weighted by Gasteiger charge is 2.29. The van der Waals surface area contributed by atoms with Crippen molar-refractivity contribution in [2.24, 2.45) is 11.8 Å². The normalized spacial score (nSPS) is 19.9. The van der Waals surface area contributed by atoms with Gasteiger partial charge in [0, 0.05) is 47.5 Å². The Labute approximate surface area is 176 Å². The number of carbonyl (C=O) groups is 2. The number of anilines is 1. The third kappa shape index (κ3) is 4.70. The van der Waals surface area contributed by atoms with Crippen LogP contribution in [0, 0.1) is 11.8 Å². The predicted octanol–water partition coefficient (Wildman–Crippen LogP) is 4.06. The third-order valence-corrected chi connectivity index (χ3v) is 6.07. The molecule has 2 amide bonds. The number of hydrogen-bond donors (Lipinski definition) is 3. The van der Waals surface area contributed by atoms with Crippen molar-refractivity contribution in [1.29, 1.82) is 0 Å². The lowest BCUT2D eigenvalue weighted by molar-refractivity contribution is -0.130. The van der Waals surface area contributed by atoms with Crippen molar-refractivity contribution in [3.05, 3.63) is 60.6 Å². The molecule has 3 N–H and O–H groups in total. The summed E-state index contributed by atoms with van der Waals surface area (Å²) in [5, 5.41) is 7.03. The first-order valence-electron chi connectivity index (χ1n) is 10.7. The molecule has 2 aromatic heterocycles. The Balaban J connectivity index is 1.52. The second kappa shape index (κ2) is 9.11. The van der Waals surface area contributed by atoms with Crippen molar-refractivity contribution < 1.29 is 9.59 Å². The molecular formula is C24H28N4O2. The van der Waals surface area contributed by atoms with Crippen LogP contribution in [-0.2, 0) is 16.0 Å². The van der Waals surface area contributed by atoms with Crippen molar-refractivity contribution in [3.8, 4) is 0 Å². The SMILES string of the molecule is CC1CCC(C(=O)N[C@@H](Cc2c[nH]c3ccccc23)C(=O)Nc2ccncc2)CC1. The molecule has 0 bridgehead atoms. The van der Waals surface area contributed by atoms with Gasteiger partial charge in [0.1, 0.15) is 6.04 Å². The minimum atomic E-state index is -0.649. The number of aromatic amines is 1. The standard InChI is InChI=1S/C24H28N4O2/c1-16-6-8-17(9-7-16)23(29)28-22(24(30)27-19-10-12-25-13-11-19)14-18-15-26-21-5-3-2-4-20(18)21/h2-5,10-13,15-17,22,26H,6-9,14H2,1H3,(H,28,29)(H,25,27,30)/t16?,17?,22-/m0/s1. The fraction of sp³-hybridized carbons (Fsp3) is 0.375. The highest BCUT2D eigenvalue weighted by molar-refractivity contribution is 5.98. The first-order valence-corrected chi connectivity index (χ1v) is 10.7. The molecule has 1 saturated carbocycles. The van der Waals surface area contributed by atoms with E-state index in [0.717, 1.165) is 42.1 Å². The van der Waals surface area contributed by atoms with Crippen molar-refractivity contribution in [2.45, 2.75) is 45.1 Å². The van der Waals surface area contributed by atoms with E-state index in [0.29, 0.717) is 18.0 Å². The van der Waals surface area contributed by atoms with Crippen LogP contribution in [0.15, 0.2) is 55.0 Å². The van der Waals surface area contributed by atoms with Gasteiger partial charge in [0.15, 0.2) is 0 Å². The zero-order chi connectivity index (χ0) is 20.9. The molecule has 3 aromatic rings. The molecule has 4 rings (SSSR count). The molecule has 1 aromatic carbocycles. The number of benzene rings is 1. The lowest BCUT2D eigenvalue weighted by atomic mass is 9.82. The number of fused-ring (bicyclic) bond motifs is 1. The van der Waals surface area contributed by atoms with Crippen LogP contribution < -0.4 is 10.6 Å². The van der Waals surface area contributed by atoms with E-state index < -0.39 is 6.04 Å². The van der Waals surface area contributed by atoms with Gasteiger partial charge in [0.05, 0.1) is 0 Å². The zero-order valence-corrected chi connectivity index (χ0v) is 17.2. The number of para-hydroxylation sites is 1. The molecule has 1 aliphatic carbocycles. The average molecular weight is 405 g/mol. The highest BCUT2D eigenvalue weighted by atomic mass is 16.2. The van der Waals surface area contributed by atoms with Gasteiger partial charge >= 0.3 is 0 Å². The maximum absolute atomic E-state index is 13.1. The first-order chi connectivity index (χ1) is 14.6. The van der Waals surface area contributed by atoms with E-state index in [2.05, 4.69) is 27.5 Å². The molecule has 0 aliphatic heterocycles. The summed E-state index contributed by atoms with van der Waals surface area (Å²) in [5.74, 6) is 0.423. The quantitative estimate of drug-likeness (QED) is 0.579. The van der Waals surface area contributed by atoms with Gasteiger partial charge in [-0.2, -0.15) is 0 Å². The fourth-order valence-electron chi connectivity index (χ4n) is 4.21. The summed E-state index contributed by atoms with van der Waals surface area (Å²) >= 11 is 0. The Bertz CT molecular complexity index is 1010. The maximum atomic E-state index is 13.1. The Morgan fingerprint density at radius 3 is 2.60 bits per heavy atom. The number of aromatic nitrogens is 2. The smallest absolute Gasteiger partial charge is 0.247 e.